The van der Waals surface area contributed by atoms with Gasteiger partial charge in [-0.05, 0) is 67.4 Å². The molecule has 0 unspecified atom stereocenters. The van der Waals surface area contributed by atoms with Crippen LogP contribution in [-0.2, 0) is 26.5 Å². The maximum atomic E-state index is 7.96. The topological polar surface area (TPSA) is 24.3 Å². The monoisotopic (exact) mass is 732 g/mol. The molecular formula is C37H34N4Pt. The second-order valence-corrected chi connectivity index (χ2v) is 11.6. The van der Waals surface area contributed by atoms with Crippen molar-refractivity contribution in [3.8, 4) is 5.82 Å². The summed E-state index contributed by atoms with van der Waals surface area (Å²) in [6.07, 6.45) is 1.57. The maximum Gasteiger partial charge on any atom is 2.00 e. The van der Waals surface area contributed by atoms with Gasteiger partial charge in [0.05, 0.1) is 18.0 Å². The van der Waals surface area contributed by atoms with Crippen LogP contribution in [0.2, 0.25) is 0 Å². The number of aryl methyl sites for hydroxylation is 1. The van der Waals surface area contributed by atoms with Crippen LogP contribution in [-0.4, -0.2) is 22.3 Å². The van der Waals surface area contributed by atoms with Gasteiger partial charge >= 0.3 is 21.1 Å². The second kappa shape index (κ2) is 10.7. The zero-order valence-electron chi connectivity index (χ0n) is 27.1. The molecule has 0 saturated heterocycles. The molecule has 2 aromatic heterocycles. The molecule has 3 heterocycles. The van der Waals surface area contributed by atoms with E-state index in [1.165, 1.54) is 11.4 Å². The number of para-hydroxylation sites is 3. The number of hydrogen-bond donors (Lipinski definition) is 0. The predicted octanol–water partition coefficient (Wildman–Crippen LogP) is 8.73. The molecule has 0 N–H and O–H groups in total. The molecule has 0 spiro atoms. The maximum absolute atomic E-state index is 7.96. The molecule has 1 aliphatic heterocycles. The Hall–Kier alpha value is -3.88. The van der Waals surface area contributed by atoms with Gasteiger partial charge in [0, 0.05) is 21.9 Å². The molecule has 0 aliphatic carbocycles. The van der Waals surface area contributed by atoms with E-state index in [1.54, 1.807) is 18.3 Å². The van der Waals surface area contributed by atoms with Crippen LogP contribution in [0.5, 0.6) is 0 Å². The molecule has 4 aromatic carbocycles. The third kappa shape index (κ3) is 4.53. The van der Waals surface area contributed by atoms with Crippen LogP contribution in [0.15, 0.2) is 97.2 Å². The average molecular weight is 733 g/mol. The molecule has 0 bridgehead atoms. The Balaban J connectivity index is 0.00000357. The van der Waals surface area contributed by atoms with Gasteiger partial charge in [0.1, 0.15) is 5.82 Å². The first kappa shape index (κ1) is 24.7. The smallest absolute Gasteiger partial charge is 0.349 e. The van der Waals surface area contributed by atoms with Gasteiger partial charge in [0.25, 0.3) is 0 Å². The van der Waals surface area contributed by atoms with Gasteiger partial charge in [-0.2, -0.15) is 47.5 Å². The number of benzene rings is 4. The summed E-state index contributed by atoms with van der Waals surface area (Å²) in [5.74, 6) is 0.562. The average Bonchev–Trinajstić information content (AvgIpc) is 3.57. The van der Waals surface area contributed by atoms with Crippen molar-refractivity contribution in [2.45, 2.75) is 46.0 Å². The van der Waals surface area contributed by atoms with Crippen molar-refractivity contribution >= 4 is 38.9 Å². The van der Waals surface area contributed by atoms with Gasteiger partial charge < -0.3 is 14.4 Å². The molecule has 0 radical (unpaired) electrons. The van der Waals surface area contributed by atoms with Crippen LogP contribution in [0, 0.1) is 19.0 Å². The van der Waals surface area contributed by atoms with E-state index >= 15 is 0 Å². The summed E-state index contributed by atoms with van der Waals surface area (Å²) in [6, 6.07) is 38.5. The molecule has 0 atom stereocenters. The quantitative estimate of drug-likeness (QED) is 0.166. The summed E-state index contributed by atoms with van der Waals surface area (Å²) in [5.41, 5.74) is 7.21. The number of rotatable bonds is 5. The summed E-state index contributed by atoms with van der Waals surface area (Å²) < 4.78 is 25.9. The normalized spacial score (nSPS) is 14.5. The first-order valence-electron chi connectivity index (χ1n) is 15.6. The number of aromatic nitrogens is 2. The van der Waals surface area contributed by atoms with Crippen molar-refractivity contribution in [2.24, 2.45) is 0 Å². The van der Waals surface area contributed by atoms with Crippen LogP contribution < -0.4 is 9.80 Å². The Labute approximate surface area is 267 Å². The number of anilines is 3. The van der Waals surface area contributed by atoms with Crippen molar-refractivity contribution in [3.05, 3.63) is 126 Å². The zero-order chi connectivity index (χ0) is 30.8. The minimum Gasteiger partial charge on any atom is -0.349 e. The summed E-state index contributed by atoms with van der Waals surface area (Å²) in [6.45, 7) is 7.42. The number of fused-ring (bicyclic) bond motifs is 4. The Bertz CT molecular complexity index is 2030. The Morgan fingerprint density at radius 2 is 1.60 bits per heavy atom. The van der Waals surface area contributed by atoms with E-state index in [9.17, 15) is 0 Å². The number of nitrogens with zero attached hydrogens (tertiary/aromatic N) is 4. The largest absolute Gasteiger partial charge is 2.00 e. The molecule has 212 valence electrons. The van der Waals surface area contributed by atoms with Crippen molar-refractivity contribution in [3.63, 3.8) is 0 Å². The van der Waals surface area contributed by atoms with Crippen molar-refractivity contribution in [1.29, 1.82) is 0 Å². The van der Waals surface area contributed by atoms with Crippen LogP contribution in [0.4, 0.5) is 17.1 Å². The van der Waals surface area contributed by atoms with Crippen LogP contribution in [0.1, 0.15) is 48.5 Å². The second-order valence-electron chi connectivity index (χ2n) is 11.6. The summed E-state index contributed by atoms with van der Waals surface area (Å²) in [5, 5.41) is 2.11. The number of hydrogen-bond acceptors (Lipinski definition) is 3. The molecule has 4 nitrogen and oxygen atoms in total. The van der Waals surface area contributed by atoms with Crippen molar-refractivity contribution in [2.75, 3.05) is 16.5 Å². The van der Waals surface area contributed by atoms with E-state index < -0.39 is 12.3 Å². The third-order valence-corrected chi connectivity index (χ3v) is 8.37. The zero-order valence-corrected chi connectivity index (χ0v) is 26.4. The Morgan fingerprint density at radius 1 is 0.833 bits per heavy atom. The standard InChI is InChI=1S/C37H34N4.Pt/c1-25(2)39-24-40(34-16-9-8-15-33(34)39)29-12-10-11-27(22-29)37(4,5)28-17-18-31-30-13-6-7-14-32(30)41(35(31)23-28)36-21-26(3)19-20-38-36;/h6-21,25H,24H2,1-5H3;/q-2;+2/i3D3;. The molecule has 5 heteroatoms. The van der Waals surface area contributed by atoms with Crippen LogP contribution in [0.3, 0.4) is 0 Å². The van der Waals surface area contributed by atoms with Gasteiger partial charge in [0.15, 0.2) is 0 Å². The van der Waals surface area contributed by atoms with Gasteiger partial charge in [-0.3, -0.25) is 0 Å². The number of pyridine rings is 1. The van der Waals surface area contributed by atoms with Gasteiger partial charge in [0.2, 0.25) is 0 Å². The molecule has 0 saturated carbocycles. The first-order valence-corrected chi connectivity index (χ1v) is 14.1. The Morgan fingerprint density at radius 3 is 2.40 bits per heavy atom. The van der Waals surface area contributed by atoms with E-state index in [0.717, 1.165) is 45.3 Å². The van der Waals surface area contributed by atoms with E-state index in [2.05, 4.69) is 115 Å². The summed E-state index contributed by atoms with van der Waals surface area (Å²) in [4.78, 5) is 9.37. The molecule has 0 amide bonds. The van der Waals surface area contributed by atoms with Gasteiger partial charge in [-0.1, -0.05) is 55.4 Å². The minimum atomic E-state index is -2.23. The van der Waals surface area contributed by atoms with E-state index in [-0.39, 0.29) is 26.6 Å². The Kier molecular flexibility index (Phi) is 6.32. The fourth-order valence-corrected chi connectivity index (χ4v) is 6.05. The van der Waals surface area contributed by atoms with Crippen molar-refractivity contribution < 1.29 is 25.2 Å². The predicted molar refractivity (Wildman–Crippen MR) is 171 cm³/mol. The minimum absolute atomic E-state index is 0. The SMILES string of the molecule is [2H]C([2H])([2H])c1ccnc(-n2c3[c-]c(C(C)(C)c4[c-]c(N5CN(C(C)C)c6ccccc65)ccc4)ccc3c3ccccc32)c1.[Pt+2]. The molecule has 0 fully saturated rings. The fourth-order valence-electron chi connectivity index (χ4n) is 6.05. The van der Waals surface area contributed by atoms with E-state index in [4.69, 9.17) is 4.11 Å². The fraction of sp³-hybridized carbons (Fsp3) is 0.216. The van der Waals surface area contributed by atoms with E-state index in [1.807, 2.05) is 22.8 Å². The molecule has 1 aliphatic rings. The molecular weight excluding hydrogens is 696 g/mol. The van der Waals surface area contributed by atoms with Crippen LogP contribution >= 0.6 is 0 Å². The van der Waals surface area contributed by atoms with E-state index in [0.29, 0.717) is 11.9 Å². The van der Waals surface area contributed by atoms with Gasteiger partial charge in [-0.25, -0.2) is 4.98 Å². The first-order chi connectivity index (χ1) is 21.0. The molecule has 42 heavy (non-hydrogen) atoms. The summed E-state index contributed by atoms with van der Waals surface area (Å²) in [7, 11) is 0. The van der Waals surface area contributed by atoms with Crippen molar-refractivity contribution in [1.82, 2.24) is 9.55 Å². The molecule has 7 rings (SSSR count). The van der Waals surface area contributed by atoms with Crippen LogP contribution in [0.25, 0.3) is 27.6 Å². The van der Waals surface area contributed by atoms with Gasteiger partial charge in [-0.15, -0.1) is 11.5 Å². The molecule has 6 aromatic rings. The third-order valence-electron chi connectivity index (χ3n) is 8.37. The summed E-state index contributed by atoms with van der Waals surface area (Å²) >= 11 is 0.